The highest BCUT2D eigenvalue weighted by atomic mass is 19.1. The molecule has 1 N–H and O–H groups in total. The van der Waals surface area contributed by atoms with Crippen LogP contribution in [0.5, 0.6) is 0 Å². The molecule has 24 heavy (non-hydrogen) atoms. The van der Waals surface area contributed by atoms with Crippen LogP contribution in [0, 0.1) is 11.6 Å². The Balaban J connectivity index is 1.86. The molecule has 4 rings (SSSR count). The summed E-state index contributed by atoms with van der Waals surface area (Å²) >= 11 is 0. The number of H-pyrrole nitrogens is 1. The molecule has 0 radical (unpaired) electrons. The monoisotopic (exact) mass is 324 g/mol. The van der Waals surface area contributed by atoms with Gasteiger partial charge in [-0.2, -0.15) is 9.78 Å². The van der Waals surface area contributed by atoms with E-state index in [1.165, 1.54) is 30.7 Å². The molecule has 0 aliphatic carbocycles. The lowest BCUT2D eigenvalue weighted by atomic mass is 10.2. The Morgan fingerprint density at radius 3 is 2.83 bits per heavy atom. The minimum atomic E-state index is -0.454. The van der Waals surface area contributed by atoms with Gasteiger partial charge in [-0.05, 0) is 24.3 Å². The molecule has 2 aromatic heterocycles. The first kappa shape index (κ1) is 14.3. The summed E-state index contributed by atoms with van der Waals surface area (Å²) in [4.78, 5) is 19.6. The van der Waals surface area contributed by atoms with E-state index < -0.39 is 17.2 Å². The van der Waals surface area contributed by atoms with Crippen LogP contribution in [0.1, 0.15) is 5.56 Å². The van der Waals surface area contributed by atoms with Crippen LogP contribution < -0.4 is 5.56 Å². The van der Waals surface area contributed by atoms with Gasteiger partial charge in [0.1, 0.15) is 29.0 Å². The number of benzene rings is 2. The number of hydrogen-bond acceptors (Lipinski definition) is 3. The zero-order valence-electron chi connectivity index (χ0n) is 12.2. The van der Waals surface area contributed by atoms with Crippen molar-refractivity contribution in [2.75, 3.05) is 0 Å². The van der Waals surface area contributed by atoms with Gasteiger partial charge in [0.05, 0.1) is 6.21 Å². The van der Waals surface area contributed by atoms with Crippen molar-refractivity contribution in [1.29, 1.82) is 0 Å². The van der Waals surface area contributed by atoms with Crippen molar-refractivity contribution >= 4 is 28.2 Å². The number of rotatable bonds is 2. The van der Waals surface area contributed by atoms with Crippen LogP contribution in [0.2, 0.25) is 0 Å². The summed E-state index contributed by atoms with van der Waals surface area (Å²) in [5.41, 5.74) is 0.981. The van der Waals surface area contributed by atoms with Crippen LogP contribution in [0.4, 0.5) is 8.78 Å². The molecule has 0 bridgehead atoms. The van der Waals surface area contributed by atoms with E-state index >= 15 is 0 Å². The number of nitrogens with zero attached hydrogens (tertiary/aromatic N) is 3. The van der Waals surface area contributed by atoms with Gasteiger partial charge >= 0.3 is 0 Å². The summed E-state index contributed by atoms with van der Waals surface area (Å²) in [5, 5.41) is 4.48. The molecule has 0 fully saturated rings. The number of halogens is 2. The zero-order valence-corrected chi connectivity index (χ0v) is 12.2. The fourth-order valence-corrected chi connectivity index (χ4v) is 2.50. The van der Waals surface area contributed by atoms with E-state index in [1.54, 1.807) is 24.3 Å². The highest BCUT2D eigenvalue weighted by molar-refractivity contribution is 6.04. The van der Waals surface area contributed by atoms with Crippen molar-refractivity contribution in [3.8, 4) is 0 Å². The molecule has 5 nitrogen and oxygen atoms in total. The molecule has 7 heteroatoms. The van der Waals surface area contributed by atoms with Crippen LogP contribution in [0.25, 0.3) is 21.9 Å². The SMILES string of the molecule is O=c1c2[nH]c3ccc(F)cc3c2ncn1/N=C/c1ccccc1F. The molecule has 0 atom stereocenters. The lowest BCUT2D eigenvalue weighted by Gasteiger charge is -1.98. The third kappa shape index (κ3) is 2.26. The van der Waals surface area contributed by atoms with Crippen LogP contribution in [0.15, 0.2) is 58.7 Å². The van der Waals surface area contributed by atoms with E-state index in [0.717, 1.165) is 4.68 Å². The second-order valence-corrected chi connectivity index (χ2v) is 5.20. The summed E-state index contributed by atoms with van der Waals surface area (Å²) in [6.07, 6.45) is 2.47. The fraction of sp³-hybridized carbons (Fsp3) is 0. The largest absolute Gasteiger partial charge is 0.349 e. The molecule has 0 amide bonds. The Morgan fingerprint density at radius 2 is 2.00 bits per heavy atom. The second kappa shape index (κ2) is 5.38. The van der Waals surface area contributed by atoms with Gasteiger partial charge in [-0.25, -0.2) is 13.8 Å². The smallest absolute Gasteiger partial charge is 0.298 e. The summed E-state index contributed by atoms with van der Waals surface area (Å²) in [6.45, 7) is 0. The molecule has 2 aromatic carbocycles. The highest BCUT2D eigenvalue weighted by Gasteiger charge is 2.11. The maximum Gasteiger partial charge on any atom is 0.298 e. The first-order chi connectivity index (χ1) is 11.6. The summed E-state index contributed by atoms with van der Waals surface area (Å²) in [5.74, 6) is -0.851. The summed E-state index contributed by atoms with van der Waals surface area (Å²) < 4.78 is 28.0. The molecule has 0 spiro atoms. The van der Waals surface area contributed by atoms with Gasteiger partial charge in [0.25, 0.3) is 5.56 Å². The number of aromatic nitrogens is 3. The summed E-state index contributed by atoms with van der Waals surface area (Å²) in [7, 11) is 0. The van der Waals surface area contributed by atoms with Gasteiger partial charge in [-0.15, -0.1) is 0 Å². The van der Waals surface area contributed by atoms with Gasteiger partial charge in [0.2, 0.25) is 0 Å². The maximum absolute atomic E-state index is 13.6. The quantitative estimate of drug-likeness (QED) is 0.576. The molecule has 0 aliphatic heterocycles. The van der Waals surface area contributed by atoms with Gasteiger partial charge < -0.3 is 4.98 Å². The van der Waals surface area contributed by atoms with E-state index in [-0.39, 0.29) is 11.1 Å². The van der Waals surface area contributed by atoms with Crippen molar-refractivity contribution < 1.29 is 8.78 Å². The average molecular weight is 324 g/mol. The molecule has 4 aromatic rings. The van der Waals surface area contributed by atoms with Crippen LogP contribution in [0.3, 0.4) is 0 Å². The van der Waals surface area contributed by atoms with Crippen LogP contribution in [-0.4, -0.2) is 20.9 Å². The van der Waals surface area contributed by atoms with Crippen molar-refractivity contribution in [3.63, 3.8) is 0 Å². The number of fused-ring (bicyclic) bond motifs is 3. The van der Waals surface area contributed by atoms with Gasteiger partial charge in [-0.3, -0.25) is 4.79 Å². The Morgan fingerprint density at radius 1 is 1.17 bits per heavy atom. The van der Waals surface area contributed by atoms with Gasteiger partial charge in [0, 0.05) is 16.5 Å². The van der Waals surface area contributed by atoms with Crippen molar-refractivity contribution in [1.82, 2.24) is 14.6 Å². The Kier molecular flexibility index (Phi) is 3.19. The van der Waals surface area contributed by atoms with Crippen LogP contribution in [-0.2, 0) is 0 Å². The number of aromatic amines is 1. The number of hydrogen-bond donors (Lipinski definition) is 1. The van der Waals surface area contributed by atoms with E-state index in [4.69, 9.17) is 0 Å². The Bertz CT molecular complexity index is 1160. The predicted octanol–water partition coefficient (Wildman–Crippen LogP) is 3.04. The molecule has 0 aliphatic rings. The lowest BCUT2D eigenvalue weighted by molar-refractivity contribution is 0.625. The minimum absolute atomic E-state index is 0.212. The lowest BCUT2D eigenvalue weighted by Crippen LogP contribution is -2.17. The first-order valence-electron chi connectivity index (χ1n) is 7.11. The third-order valence-electron chi connectivity index (χ3n) is 3.68. The highest BCUT2D eigenvalue weighted by Crippen LogP contribution is 2.21. The third-order valence-corrected chi connectivity index (χ3v) is 3.68. The first-order valence-corrected chi connectivity index (χ1v) is 7.11. The summed E-state index contributed by atoms with van der Waals surface area (Å²) in [6, 6.07) is 10.2. The molecular formula is C17H10F2N4O. The minimum Gasteiger partial charge on any atom is -0.349 e. The molecule has 118 valence electrons. The normalized spacial score (nSPS) is 11.8. The Labute approximate surface area is 133 Å². The number of nitrogens with one attached hydrogen (secondary N) is 1. The van der Waals surface area contributed by atoms with Crippen molar-refractivity contribution in [2.24, 2.45) is 5.10 Å². The second-order valence-electron chi connectivity index (χ2n) is 5.20. The average Bonchev–Trinajstić information content (AvgIpc) is 2.94. The van der Waals surface area contributed by atoms with Crippen molar-refractivity contribution in [2.45, 2.75) is 0 Å². The van der Waals surface area contributed by atoms with E-state index in [0.29, 0.717) is 16.4 Å². The molecule has 0 unspecified atom stereocenters. The standard InChI is InChI=1S/C17H10F2N4O/c18-11-5-6-14-12(7-11)15-16(22-14)17(24)23(9-20-15)21-8-10-3-1-2-4-13(10)19/h1-9,22H/b21-8+. The van der Waals surface area contributed by atoms with E-state index in [1.807, 2.05) is 0 Å². The van der Waals surface area contributed by atoms with Gasteiger partial charge in [0.15, 0.2) is 0 Å². The van der Waals surface area contributed by atoms with Crippen molar-refractivity contribution in [3.05, 3.63) is 76.3 Å². The molecule has 0 saturated carbocycles. The Hall–Kier alpha value is -3.35. The van der Waals surface area contributed by atoms with E-state index in [9.17, 15) is 13.6 Å². The predicted molar refractivity (Wildman–Crippen MR) is 87.2 cm³/mol. The molecule has 0 saturated heterocycles. The van der Waals surface area contributed by atoms with Crippen LogP contribution >= 0.6 is 0 Å². The fourth-order valence-electron chi connectivity index (χ4n) is 2.50. The zero-order chi connectivity index (χ0) is 16.7. The maximum atomic E-state index is 13.6. The van der Waals surface area contributed by atoms with E-state index in [2.05, 4.69) is 15.1 Å². The topological polar surface area (TPSA) is 63.0 Å². The molecule has 2 heterocycles. The molecular weight excluding hydrogens is 314 g/mol. The van der Waals surface area contributed by atoms with Gasteiger partial charge in [-0.1, -0.05) is 18.2 Å².